The predicted molar refractivity (Wildman–Crippen MR) is 97.0 cm³/mol. The quantitative estimate of drug-likeness (QED) is 0.832. The third kappa shape index (κ3) is 4.40. The molecule has 0 radical (unpaired) electrons. The molecule has 3 rings (SSSR count). The van der Waals surface area contributed by atoms with E-state index in [0.717, 1.165) is 43.4 Å². The fourth-order valence-electron chi connectivity index (χ4n) is 2.86. The first kappa shape index (κ1) is 16.6. The number of hydrogen-bond donors (Lipinski definition) is 0. The van der Waals surface area contributed by atoms with Crippen molar-refractivity contribution in [1.29, 1.82) is 0 Å². The molecular weight excluding hydrogens is 326 g/mol. The minimum absolute atomic E-state index is 0.206. The van der Waals surface area contributed by atoms with Crippen LogP contribution in [0.2, 0.25) is 0 Å². The molecule has 0 aliphatic carbocycles. The molecule has 6 heteroatoms. The Morgan fingerprint density at radius 1 is 1.26 bits per heavy atom. The number of carbonyl (C=O) groups excluding carboxylic acids is 1. The minimum Gasteiger partial charge on any atom is -0.340 e. The van der Waals surface area contributed by atoms with Gasteiger partial charge in [-0.25, -0.2) is 4.98 Å². The number of hydrogen-bond acceptors (Lipinski definition) is 5. The number of amides is 1. The Labute approximate surface area is 145 Å². The van der Waals surface area contributed by atoms with Gasteiger partial charge in [0, 0.05) is 38.1 Å². The highest BCUT2D eigenvalue weighted by Gasteiger charge is 2.22. The smallest absolute Gasteiger partial charge is 0.228 e. The van der Waals surface area contributed by atoms with Gasteiger partial charge >= 0.3 is 0 Å². The lowest BCUT2D eigenvalue weighted by atomic mass is 10.2. The van der Waals surface area contributed by atoms with Crippen LogP contribution in [0.4, 0.5) is 0 Å². The maximum Gasteiger partial charge on any atom is 0.228 e. The highest BCUT2D eigenvalue weighted by Crippen LogP contribution is 2.28. The van der Waals surface area contributed by atoms with E-state index >= 15 is 0 Å². The lowest BCUT2D eigenvalue weighted by Crippen LogP contribution is -2.49. The molecule has 23 heavy (non-hydrogen) atoms. The fraction of sp³-hybridized carbons (Fsp3) is 0.529. The molecule has 4 nitrogen and oxygen atoms in total. The van der Waals surface area contributed by atoms with Crippen molar-refractivity contribution >= 4 is 28.6 Å². The molecule has 1 aliphatic heterocycles. The van der Waals surface area contributed by atoms with Crippen LogP contribution in [-0.4, -0.2) is 53.4 Å². The summed E-state index contributed by atoms with van der Waals surface area (Å²) in [5.74, 6) is 0.889. The zero-order valence-electron chi connectivity index (χ0n) is 13.7. The Hall–Kier alpha value is -1.24. The van der Waals surface area contributed by atoms with E-state index in [1.165, 1.54) is 4.88 Å². The van der Waals surface area contributed by atoms with Crippen LogP contribution in [0.1, 0.15) is 19.5 Å². The van der Waals surface area contributed by atoms with E-state index in [4.69, 9.17) is 0 Å². The van der Waals surface area contributed by atoms with Gasteiger partial charge in [0.2, 0.25) is 5.91 Å². The summed E-state index contributed by atoms with van der Waals surface area (Å²) in [6.07, 6.45) is 0.423. The Balaban J connectivity index is 1.52. The van der Waals surface area contributed by atoms with Gasteiger partial charge < -0.3 is 4.90 Å². The lowest BCUT2D eigenvalue weighted by molar-refractivity contribution is -0.132. The van der Waals surface area contributed by atoms with Gasteiger partial charge in [0.25, 0.3) is 0 Å². The molecule has 3 heterocycles. The van der Waals surface area contributed by atoms with Gasteiger partial charge in [0.15, 0.2) is 0 Å². The van der Waals surface area contributed by atoms with E-state index in [1.807, 2.05) is 16.3 Å². The van der Waals surface area contributed by atoms with Crippen LogP contribution in [0.15, 0.2) is 22.9 Å². The summed E-state index contributed by atoms with van der Waals surface area (Å²) >= 11 is 3.31. The Kier molecular flexibility index (Phi) is 5.46. The predicted octanol–water partition coefficient (Wildman–Crippen LogP) is 3.21. The minimum atomic E-state index is 0.206. The molecule has 124 valence electrons. The SMILES string of the molecule is CC(C)CN1CCN(C(=O)Cc2csc(-c3cccs3)n2)CC1. The largest absolute Gasteiger partial charge is 0.340 e. The number of nitrogens with zero attached hydrogens (tertiary/aromatic N) is 3. The first-order valence-electron chi connectivity index (χ1n) is 8.10. The van der Waals surface area contributed by atoms with Crippen molar-refractivity contribution in [3.8, 4) is 9.88 Å². The average Bonchev–Trinajstić information content (AvgIpc) is 3.18. The summed E-state index contributed by atoms with van der Waals surface area (Å²) in [5, 5.41) is 5.09. The molecule has 1 amide bonds. The van der Waals surface area contributed by atoms with Crippen molar-refractivity contribution < 1.29 is 4.79 Å². The molecule has 0 atom stereocenters. The first-order valence-corrected chi connectivity index (χ1v) is 9.86. The van der Waals surface area contributed by atoms with Gasteiger partial charge in [-0.15, -0.1) is 22.7 Å². The zero-order chi connectivity index (χ0) is 16.2. The number of aromatic nitrogens is 1. The highest BCUT2D eigenvalue weighted by atomic mass is 32.1. The normalized spacial score (nSPS) is 16.2. The second-order valence-corrected chi connectivity index (χ2v) is 8.18. The maximum absolute atomic E-state index is 12.5. The van der Waals surface area contributed by atoms with Crippen LogP contribution >= 0.6 is 22.7 Å². The van der Waals surface area contributed by atoms with Gasteiger partial charge in [-0.1, -0.05) is 19.9 Å². The van der Waals surface area contributed by atoms with E-state index in [-0.39, 0.29) is 5.91 Å². The topological polar surface area (TPSA) is 36.4 Å². The summed E-state index contributed by atoms with van der Waals surface area (Å²) in [5.41, 5.74) is 0.896. The summed E-state index contributed by atoms with van der Waals surface area (Å²) < 4.78 is 0. The van der Waals surface area contributed by atoms with Crippen molar-refractivity contribution in [1.82, 2.24) is 14.8 Å². The summed E-state index contributed by atoms with van der Waals surface area (Å²) in [7, 11) is 0. The first-order chi connectivity index (χ1) is 11.1. The Morgan fingerprint density at radius 3 is 2.70 bits per heavy atom. The molecule has 0 unspecified atom stereocenters. The molecule has 2 aromatic heterocycles. The summed E-state index contributed by atoms with van der Waals surface area (Å²) in [6.45, 7) is 9.26. The van der Waals surface area contributed by atoms with Gasteiger partial charge in [0.05, 0.1) is 17.0 Å². The maximum atomic E-state index is 12.5. The van der Waals surface area contributed by atoms with Crippen molar-refractivity contribution in [3.63, 3.8) is 0 Å². The third-order valence-electron chi connectivity index (χ3n) is 3.96. The fourth-order valence-corrected chi connectivity index (χ4v) is 4.50. The number of thiophene rings is 1. The second-order valence-electron chi connectivity index (χ2n) is 6.37. The molecule has 1 saturated heterocycles. The summed E-state index contributed by atoms with van der Waals surface area (Å²) in [6, 6.07) is 4.10. The molecule has 1 fully saturated rings. The molecule has 0 spiro atoms. The molecule has 0 saturated carbocycles. The Morgan fingerprint density at radius 2 is 2.04 bits per heavy atom. The van der Waals surface area contributed by atoms with E-state index < -0.39 is 0 Å². The summed E-state index contributed by atoms with van der Waals surface area (Å²) in [4.78, 5) is 22.7. The van der Waals surface area contributed by atoms with Crippen LogP contribution in [0.25, 0.3) is 9.88 Å². The monoisotopic (exact) mass is 349 g/mol. The van der Waals surface area contributed by atoms with Gasteiger partial charge in [-0.3, -0.25) is 9.69 Å². The van der Waals surface area contributed by atoms with Crippen molar-refractivity contribution in [2.24, 2.45) is 5.92 Å². The molecular formula is C17H23N3OS2. The lowest BCUT2D eigenvalue weighted by Gasteiger charge is -2.35. The molecule has 2 aromatic rings. The van der Waals surface area contributed by atoms with Gasteiger partial charge in [0.1, 0.15) is 5.01 Å². The van der Waals surface area contributed by atoms with Crippen LogP contribution in [0.3, 0.4) is 0 Å². The molecule has 0 N–H and O–H groups in total. The van der Waals surface area contributed by atoms with Gasteiger partial charge in [-0.2, -0.15) is 0 Å². The zero-order valence-corrected chi connectivity index (χ0v) is 15.3. The third-order valence-corrected chi connectivity index (χ3v) is 5.89. The van der Waals surface area contributed by atoms with Crippen LogP contribution in [0.5, 0.6) is 0 Å². The molecule has 0 aromatic carbocycles. The number of carbonyl (C=O) groups is 1. The van der Waals surface area contributed by atoms with Crippen molar-refractivity contribution in [3.05, 3.63) is 28.6 Å². The molecule has 1 aliphatic rings. The number of rotatable bonds is 5. The van der Waals surface area contributed by atoms with Crippen LogP contribution in [0, 0.1) is 5.92 Å². The molecule has 0 bridgehead atoms. The van der Waals surface area contributed by atoms with Crippen LogP contribution in [-0.2, 0) is 11.2 Å². The van der Waals surface area contributed by atoms with E-state index in [2.05, 4.69) is 35.2 Å². The van der Waals surface area contributed by atoms with Crippen molar-refractivity contribution in [2.45, 2.75) is 20.3 Å². The van der Waals surface area contributed by atoms with Crippen LogP contribution < -0.4 is 0 Å². The second kappa shape index (κ2) is 7.55. The standard InChI is InChI=1S/C17H23N3OS2/c1-13(2)11-19-5-7-20(8-6-19)16(21)10-14-12-23-17(18-14)15-4-3-9-22-15/h3-4,9,12-13H,5-8,10-11H2,1-2H3. The van der Waals surface area contributed by atoms with E-state index in [0.29, 0.717) is 12.3 Å². The average molecular weight is 350 g/mol. The van der Waals surface area contributed by atoms with Gasteiger partial charge in [-0.05, 0) is 17.4 Å². The highest BCUT2D eigenvalue weighted by molar-refractivity contribution is 7.20. The van der Waals surface area contributed by atoms with Crippen molar-refractivity contribution in [2.75, 3.05) is 32.7 Å². The van der Waals surface area contributed by atoms with E-state index in [9.17, 15) is 4.79 Å². The van der Waals surface area contributed by atoms with E-state index in [1.54, 1.807) is 22.7 Å². The number of piperazine rings is 1. The Bertz CT molecular complexity index is 628. The number of thiazole rings is 1.